The van der Waals surface area contributed by atoms with E-state index in [9.17, 15) is 19.2 Å². The zero-order valence-corrected chi connectivity index (χ0v) is 18.1. The number of unbranched alkanes of at least 4 members (excludes halogenated alkanes) is 1. The molecule has 1 aromatic rings. The van der Waals surface area contributed by atoms with E-state index in [2.05, 4.69) is 13.8 Å². The highest BCUT2D eigenvalue weighted by Gasteiger charge is 2.36. The lowest BCUT2D eigenvalue weighted by Gasteiger charge is -2.35. The van der Waals surface area contributed by atoms with Crippen molar-refractivity contribution < 1.29 is 19.2 Å². The van der Waals surface area contributed by atoms with E-state index >= 15 is 0 Å². The summed E-state index contributed by atoms with van der Waals surface area (Å²) in [6, 6.07) is 4.75. The predicted octanol–water partition coefficient (Wildman–Crippen LogP) is 2.80. The summed E-state index contributed by atoms with van der Waals surface area (Å²) in [7, 11) is 0. The van der Waals surface area contributed by atoms with Gasteiger partial charge in [-0.1, -0.05) is 27.2 Å². The Balaban J connectivity index is 1.63. The van der Waals surface area contributed by atoms with E-state index in [1.807, 2.05) is 11.8 Å². The summed E-state index contributed by atoms with van der Waals surface area (Å²) in [6.45, 7) is 8.60. The molecule has 0 aliphatic carbocycles. The van der Waals surface area contributed by atoms with Gasteiger partial charge in [0.1, 0.15) is 0 Å². The lowest BCUT2D eigenvalue weighted by Crippen LogP contribution is -2.50. The molecular weight excluding hydrogens is 382 g/mol. The van der Waals surface area contributed by atoms with Crippen LogP contribution in [0.4, 0.5) is 0 Å². The minimum Gasteiger partial charge on any atom is -0.339 e. The highest BCUT2D eigenvalue weighted by Crippen LogP contribution is 2.25. The number of amides is 4. The fraction of sp³-hybridized carbons (Fsp3) is 0.565. The maximum Gasteiger partial charge on any atom is 0.261 e. The van der Waals surface area contributed by atoms with Crippen molar-refractivity contribution in [3.05, 3.63) is 34.9 Å². The average Bonchev–Trinajstić information content (AvgIpc) is 2.99. The Morgan fingerprint density at radius 2 is 1.60 bits per heavy atom. The fourth-order valence-electron chi connectivity index (χ4n) is 3.85. The Kier molecular flexibility index (Phi) is 6.90. The standard InChI is InChI=1S/C23H31N3O4/c1-4-5-10-26-22(29)18-8-7-17(15-19(18)23(26)30)21(28)25-13-11-24(12-14-25)20(27)9-6-16(2)3/h7-8,15-16H,4-6,9-14H2,1-3H3. The van der Waals surface area contributed by atoms with Crippen LogP contribution in [0.2, 0.25) is 0 Å². The van der Waals surface area contributed by atoms with Gasteiger partial charge in [-0.15, -0.1) is 0 Å². The molecule has 1 aromatic carbocycles. The smallest absolute Gasteiger partial charge is 0.261 e. The van der Waals surface area contributed by atoms with Gasteiger partial charge in [-0.25, -0.2) is 0 Å². The fourth-order valence-corrected chi connectivity index (χ4v) is 3.85. The highest BCUT2D eigenvalue weighted by molar-refractivity contribution is 6.22. The zero-order chi connectivity index (χ0) is 21.8. The first-order chi connectivity index (χ1) is 14.3. The Hall–Kier alpha value is -2.70. The van der Waals surface area contributed by atoms with Crippen molar-refractivity contribution >= 4 is 23.6 Å². The van der Waals surface area contributed by atoms with Crippen molar-refractivity contribution in [2.75, 3.05) is 32.7 Å². The predicted molar refractivity (Wildman–Crippen MR) is 113 cm³/mol. The van der Waals surface area contributed by atoms with Crippen LogP contribution in [0.1, 0.15) is 77.5 Å². The van der Waals surface area contributed by atoms with Crippen molar-refractivity contribution in [3.63, 3.8) is 0 Å². The molecule has 2 aliphatic heterocycles. The van der Waals surface area contributed by atoms with Crippen LogP contribution >= 0.6 is 0 Å². The topological polar surface area (TPSA) is 78.0 Å². The molecule has 7 heteroatoms. The van der Waals surface area contributed by atoms with E-state index in [0.717, 1.165) is 19.3 Å². The van der Waals surface area contributed by atoms with Crippen LogP contribution in [-0.2, 0) is 4.79 Å². The maximum atomic E-state index is 12.9. The van der Waals surface area contributed by atoms with Crippen molar-refractivity contribution in [3.8, 4) is 0 Å². The van der Waals surface area contributed by atoms with Crippen LogP contribution in [0.25, 0.3) is 0 Å². The van der Waals surface area contributed by atoms with Crippen LogP contribution < -0.4 is 0 Å². The number of carbonyl (C=O) groups is 4. The van der Waals surface area contributed by atoms with Crippen molar-refractivity contribution in [2.45, 2.75) is 46.5 Å². The largest absolute Gasteiger partial charge is 0.339 e. The number of fused-ring (bicyclic) bond motifs is 1. The third kappa shape index (κ3) is 4.55. The second-order valence-corrected chi connectivity index (χ2v) is 8.48. The number of benzene rings is 1. The van der Waals surface area contributed by atoms with Gasteiger partial charge in [0.15, 0.2) is 0 Å². The first-order valence-corrected chi connectivity index (χ1v) is 10.9. The number of rotatable bonds is 7. The van der Waals surface area contributed by atoms with E-state index in [-0.39, 0.29) is 23.6 Å². The molecule has 7 nitrogen and oxygen atoms in total. The molecule has 30 heavy (non-hydrogen) atoms. The molecule has 0 aromatic heterocycles. The third-order valence-corrected chi connectivity index (χ3v) is 5.81. The van der Waals surface area contributed by atoms with E-state index < -0.39 is 0 Å². The summed E-state index contributed by atoms with van der Waals surface area (Å²) in [4.78, 5) is 55.1. The lowest BCUT2D eigenvalue weighted by atomic mass is 10.0. The van der Waals surface area contributed by atoms with Crippen molar-refractivity contribution in [1.29, 1.82) is 0 Å². The van der Waals surface area contributed by atoms with Crippen LogP contribution in [0.15, 0.2) is 18.2 Å². The van der Waals surface area contributed by atoms with E-state index in [1.165, 1.54) is 4.90 Å². The van der Waals surface area contributed by atoms with Gasteiger partial charge >= 0.3 is 0 Å². The Morgan fingerprint density at radius 3 is 2.23 bits per heavy atom. The van der Waals surface area contributed by atoms with Crippen LogP contribution in [0, 0.1) is 5.92 Å². The van der Waals surface area contributed by atoms with E-state index in [0.29, 0.717) is 61.8 Å². The minimum atomic E-state index is -0.321. The monoisotopic (exact) mass is 413 g/mol. The van der Waals surface area contributed by atoms with Crippen LogP contribution in [0.5, 0.6) is 0 Å². The number of imide groups is 1. The molecule has 2 aliphatic rings. The number of hydrogen-bond acceptors (Lipinski definition) is 4. The lowest BCUT2D eigenvalue weighted by molar-refractivity contribution is -0.132. The molecule has 0 bridgehead atoms. The van der Waals surface area contributed by atoms with Gasteiger partial charge in [0.2, 0.25) is 5.91 Å². The summed E-state index contributed by atoms with van der Waals surface area (Å²) in [5.41, 5.74) is 1.09. The summed E-state index contributed by atoms with van der Waals surface area (Å²) in [5, 5.41) is 0. The molecule has 0 N–H and O–H groups in total. The molecule has 1 fully saturated rings. The van der Waals surface area contributed by atoms with Gasteiger partial charge in [0, 0.05) is 44.7 Å². The highest BCUT2D eigenvalue weighted by atomic mass is 16.2. The van der Waals surface area contributed by atoms with Gasteiger partial charge in [-0.3, -0.25) is 24.1 Å². The van der Waals surface area contributed by atoms with Crippen molar-refractivity contribution in [1.82, 2.24) is 14.7 Å². The second kappa shape index (κ2) is 9.41. The quantitative estimate of drug-likeness (QED) is 0.644. The number of carbonyl (C=O) groups excluding carboxylic acids is 4. The summed E-state index contributed by atoms with van der Waals surface area (Å²) >= 11 is 0. The molecule has 0 saturated carbocycles. The van der Waals surface area contributed by atoms with Gasteiger partial charge in [-0.05, 0) is 37.0 Å². The van der Waals surface area contributed by atoms with Gasteiger partial charge in [-0.2, -0.15) is 0 Å². The molecule has 0 atom stereocenters. The minimum absolute atomic E-state index is 0.143. The Labute approximate surface area is 178 Å². The summed E-state index contributed by atoms with van der Waals surface area (Å²) in [5.74, 6) is -0.136. The summed E-state index contributed by atoms with van der Waals surface area (Å²) < 4.78 is 0. The zero-order valence-electron chi connectivity index (χ0n) is 18.1. The first kappa shape index (κ1) is 22.0. The molecule has 4 amide bonds. The molecule has 0 unspecified atom stereocenters. The molecule has 2 heterocycles. The average molecular weight is 414 g/mol. The Morgan fingerprint density at radius 1 is 0.967 bits per heavy atom. The molecule has 1 saturated heterocycles. The number of hydrogen-bond donors (Lipinski definition) is 0. The summed E-state index contributed by atoms with van der Waals surface area (Å²) in [6.07, 6.45) is 3.07. The third-order valence-electron chi connectivity index (χ3n) is 5.81. The van der Waals surface area contributed by atoms with E-state index in [1.54, 1.807) is 23.1 Å². The maximum absolute atomic E-state index is 12.9. The number of nitrogens with zero attached hydrogens (tertiary/aromatic N) is 3. The SMILES string of the molecule is CCCCN1C(=O)c2ccc(C(=O)N3CCN(C(=O)CCC(C)C)CC3)cc2C1=O. The van der Waals surface area contributed by atoms with Crippen LogP contribution in [0.3, 0.4) is 0 Å². The Bertz CT molecular complexity index is 841. The first-order valence-electron chi connectivity index (χ1n) is 10.9. The van der Waals surface area contributed by atoms with Gasteiger partial charge in [0.05, 0.1) is 11.1 Å². The number of piperazine rings is 1. The van der Waals surface area contributed by atoms with Gasteiger partial charge in [0.25, 0.3) is 17.7 Å². The molecule has 0 spiro atoms. The van der Waals surface area contributed by atoms with Gasteiger partial charge < -0.3 is 9.80 Å². The second-order valence-electron chi connectivity index (χ2n) is 8.48. The molecular formula is C23H31N3O4. The normalized spacial score (nSPS) is 16.5. The van der Waals surface area contributed by atoms with Crippen LogP contribution in [-0.4, -0.2) is 71.1 Å². The molecule has 162 valence electrons. The van der Waals surface area contributed by atoms with E-state index in [4.69, 9.17) is 0 Å². The molecule has 3 rings (SSSR count). The van der Waals surface area contributed by atoms with Crippen molar-refractivity contribution in [2.24, 2.45) is 5.92 Å². The molecule has 0 radical (unpaired) electrons.